The molecule has 1 aromatic heterocycles. The Morgan fingerprint density at radius 1 is 1.67 bits per heavy atom. The zero-order chi connectivity index (χ0) is 13.5. The van der Waals surface area contributed by atoms with E-state index in [1.165, 1.54) is 11.3 Å². The third kappa shape index (κ3) is 3.83. The van der Waals surface area contributed by atoms with Crippen LogP contribution in [0, 0.1) is 12.3 Å². The van der Waals surface area contributed by atoms with Crippen molar-refractivity contribution in [2.45, 2.75) is 39.8 Å². The minimum atomic E-state index is 0.0152. The smallest absolute Gasteiger partial charge is 0.225 e. The summed E-state index contributed by atoms with van der Waals surface area (Å²) in [6.07, 6.45) is 6.27. The maximum Gasteiger partial charge on any atom is 0.225 e. The van der Waals surface area contributed by atoms with E-state index in [0.717, 1.165) is 17.2 Å². The zero-order valence-corrected chi connectivity index (χ0v) is 11.9. The maximum atomic E-state index is 11.4. The average Bonchev–Trinajstić information content (AvgIpc) is 2.79. The van der Waals surface area contributed by atoms with E-state index in [1.54, 1.807) is 11.8 Å². The molecule has 1 unspecified atom stereocenters. The van der Waals surface area contributed by atoms with Gasteiger partial charge in [-0.3, -0.25) is 15.0 Å². The molecule has 0 aliphatic rings. The molecule has 0 saturated carbocycles. The summed E-state index contributed by atoms with van der Waals surface area (Å²) in [5.41, 5.74) is 0.920. The first-order valence-corrected chi connectivity index (χ1v) is 6.92. The molecule has 0 radical (unpaired) electrons. The molecule has 1 N–H and O–H groups in total. The predicted octanol–water partition coefficient (Wildman–Crippen LogP) is 2.02. The van der Waals surface area contributed by atoms with Gasteiger partial charge < -0.3 is 0 Å². The highest BCUT2D eigenvalue weighted by Gasteiger charge is 2.13. The van der Waals surface area contributed by atoms with E-state index >= 15 is 0 Å². The fourth-order valence-electron chi connectivity index (χ4n) is 1.54. The number of aromatic nitrogens is 1. The minimum Gasteiger partial charge on any atom is -0.298 e. The Morgan fingerprint density at radius 3 is 2.89 bits per heavy atom. The first-order chi connectivity index (χ1) is 8.62. The molecule has 4 nitrogen and oxygen atoms in total. The van der Waals surface area contributed by atoms with Gasteiger partial charge in [-0.2, -0.15) is 0 Å². The number of carbonyl (C=O) groups excluding carboxylic acids is 1. The lowest BCUT2D eigenvalue weighted by molar-refractivity contribution is -0.116. The molecular weight excluding hydrogens is 246 g/mol. The number of carbonyl (C=O) groups is 1. The minimum absolute atomic E-state index is 0.0152. The van der Waals surface area contributed by atoms with Gasteiger partial charge in [0.2, 0.25) is 5.91 Å². The van der Waals surface area contributed by atoms with E-state index in [4.69, 9.17) is 6.42 Å². The maximum absolute atomic E-state index is 11.4. The molecule has 0 aliphatic carbocycles. The summed E-state index contributed by atoms with van der Waals surface area (Å²) in [4.78, 5) is 17.5. The van der Waals surface area contributed by atoms with Crippen LogP contribution in [0.1, 0.15) is 32.9 Å². The molecule has 18 heavy (non-hydrogen) atoms. The molecule has 0 aromatic carbocycles. The van der Waals surface area contributed by atoms with E-state index in [-0.39, 0.29) is 11.9 Å². The number of hydrogen-bond donors (Lipinski definition) is 1. The highest BCUT2D eigenvalue weighted by Crippen LogP contribution is 2.20. The van der Waals surface area contributed by atoms with Crippen LogP contribution in [0.2, 0.25) is 0 Å². The van der Waals surface area contributed by atoms with E-state index in [0.29, 0.717) is 13.1 Å². The molecule has 1 aromatic rings. The van der Waals surface area contributed by atoms with E-state index in [1.807, 2.05) is 19.2 Å². The number of rotatable bonds is 6. The fourth-order valence-corrected chi connectivity index (χ4v) is 2.48. The molecule has 0 aliphatic heterocycles. The lowest BCUT2D eigenvalue weighted by Gasteiger charge is -2.14. The predicted molar refractivity (Wildman–Crippen MR) is 75.6 cm³/mol. The second-order valence-corrected chi connectivity index (χ2v) is 4.73. The van der Waals surface area contributed by atoms with E-state index in [2.05, 4.69) is 16.2 Å². The SMILES string of the molecule is C#CC(CC)NCc1csc(N(CC)C(C)=O)n1. The van der Waals surface area contributed by atoms with Gasteiger partial charge in [-0.25, -0.2) is 4.98 Å². The Balaban J connectivity index is 2.63. The number of nitrogens with one attached hydrogen (secondary N) is 1. The van der Waals surface area contributed by atoms with Crippen LogP contribution in [-0.4, -0.2) is 23.5 Å². The van der Waals surface area contributed by atoms with Crippen molar-refractivity contribution >= 4 is 22.4 Å². The standard InChI is InChI=1S/C13H19N3OS/c1-5-11(6-2)14-8-12-9-18-13(15-12)16(7-3)10(4)17/h1,9,11,14H,6-8H2,2-4H3. The van der Waals surface area contributed by atoms with Crippen LogP contribution < -0.4 is 10.2 Å². The summed E-state index contributed by atoms with van der Waals surface area (Å²) < 4.78 is 0. The Hall–Kier alpha value is -1.38. The first-order valence-electron chi connectivity index (χ1n) is 6.04. The van der Waals surface area contributed by atoms with Crippen LogP contribution in [0.4, 0.5) is 5.13 Å². The Kier molecular flexibility index (Phi) is 5.83. The van der Waals surface area contributed by atoms with Gasteiger partial charge in [-0.1, -0.05) is 12.8 Å². The van der Waals surface area contributed by atoms with Crippen LogP contribution in [0.5, 0.6) is 0 Å². The van der Waals surface area contributed by atoms with Gasteiger partial charge in [0.1, 0.15) is 0 Å². The van der Waals surface area contributed by atoms with Crippen LogP contribution >= 0.6 is 11.3 Å². The second kappa shape index (κ2) is 7.14. The van der Waals surface area contributed by atoms with Crippen molar-refractivity contribution in [1.82, 2.24) is 10.3 Å². The van der Waals surface area contributed by atoms with Crippen molar-refractivity contribution in [2.75, 3.05) is 11.4 Å². The normalized spacial score (nSPS) is 11.9. The van der Waals surface area contributed by atoms with Crippen molar-refractivity contribution < 1.29 is 4.79 Å². The van der Waals surface area contributed by atoms with Crippen LogP contribution in [-0.2, 0) is 11.3 Å². The summed E-state index contributed by atoms with van der Waals surface area (Å²) in [6, 6.07) is 0.0743. The topological polar surface area (TPSA) is 45.2 Å². The lowest BCUT2D eigenvalue weighted by atomic mass is 10.2. The van der Waals surface area contributed by atoms with Crippen molar-refractivity contribution in [3.63, 3.8) is 0 Å². The second-order valence-electron chi connectivity index (χ2n) is 3.89. The van der Waals surface area contributed by atoms with Crippen molar-refractivity contribution in [2.24, 2.45) is 0 Å². The van der Waals surface area contributed by atoms with Gasteiger partial charge in [-0.15, -0.1) is 17.8 Å². The molecule has 98 valence electrons. The molecule has 0 fully saturated rings. The number of anilines is 1. The van der Waals surface area contributed by atoms with Crippen LogP contribution in [0.15, 0.2) is 5.38 Å². The average molecular weight is 265 g/mol. The molecule has 1 heterocycles. The molecule has 0 bridgehead atoms. The molecule has 5 heteroatoms. The van der Waals surface area contributed by atoms with Gasteiger partial charge in [0.15, 0.2) is 5.13 Å². The monoisotopic (exact) mass is 265 g/mol. The number of amides is 1. The number of thiazole rings is 1. The third-order valence-corrected chi connectivity index (χ3v) is 3.52. The van der Waals surface area contributed by atoms with Crippen molar-refractivity contribution in [3.05, 3.63) is 11.1 Å². The van der Waals surface area contributed by atoms with Gasteiger partial charge in [0.25, 0.3) is 0 Å². The lowest BCUT2D eigenvalue weighted by Crippen LogP contribution is -2.28. The van der Waals surface area contributed by atoms with Crippen LogP contribution in [0.3, 0.4) is 0 Å². The molecule has 0 spiro atoms. The molecule has 1 atom stereocenters. The van der Waals surface area contributed by atoms with Gasteiger partial charge in [0, 0.05) is 25.4 Å². The van der Waals surface area contributed by atoms with Gasteiger partial charge >= 0.3 is 0 Å². The number of hydrogen-bond acceptors (Lipinski definition) is 4. The summed E-state index contributed by atoms with van der Waals surface area (Å²) >= 11 is 1.48. The molecule has 1 amide bonds. The highest BCUT2D eigenvalue weighted by molar-refractivity contribution is 7.14. The number of terminal acetylenes is 1. The summed E-state index contributed by atoms with van der Waals surface area (Å²) in [5, 5.41) is 5.94. The molecule has 0 saturated heterocycles. The van der Waals surface area contributed by atoms with Gasteiger partial charge in [0.05, 0.1) is 11.7 Å². The number of nitrogens with zero attached hydrogens (tertiary/aromatic N) is 2. The quantitative estimate of drug-likeness (QED) is 0.800. The van der Waals surface area contributed by atoms with Gasteiger partial charge in [-0.05, 0) is 13.3 Å². The van der Waals surface area contributed by atoms with Crippen molar-refractivity contribution in [1.29, 1.82) is 0 Å². The summed E-state index contributed by atoms with van der Waals surface area (Å²) in [6.45, 7) is 6.80. The highest BCUT2D eigenvalue weighted by atomic mass is 32.1. The first kappa shape index (κ1) is 14.7. The van der Waals surface area contributed by atoms with Crippen LogP contribution in [0.25, 0.3) is 0 Å². The Labute approximate surface area is 112 Å². The largest absolute Gasteiger partial charge is 0.298 e. The van der Waals surface area contributed by atoms with E-state index in [9.17, 15) is 4.79 Å². The summed E-state index contributed by atoms with van der Waals surface area (Å²) in [7, 11) is 0. The fraction of sp³-hybridized carbons (Fsp3) is 0.538. The third-order valence-electron chi connectivity index (χ3n) is 2.61. The zero-order valence-electron chi connectivity index (χ0n) is 11.1. The molecular formula is C13H19N3OS. The Morgan fingerprint density at radius 2 is 2.39 bits per heavy atom. The molecule has 1 rings (SSSR count). The Bertz CT molecular complexity index is 436. The summed E-state index contributed by atoms with van der Waals surface area (Å²) in [5.74, 6) is 2.70. The van der Waals surface area contributed by atoms with Crippen molar-refractivity contribution in [3.8, 4) is 12.3 Å². The van der Waals surface area contributed by atoms with E-state index < -0.39 is 0 Å².